The summed E-state index contributed by atoms with van der Waals surface area (Å²) in [5.74, 6) is 3.99. The molecule has 204 valence electrons. The average Bonchev–Trinajstić information content (AvgIpc) is 2.83. The topological polar surface area (TPSA) is 58.6 Å². The van der Waals surface area contributed by atoms with Gasteiger partial charge >= 0.3 is 0 Å². The third kappa shape index (κ3) is 8.79. The zero-order valence-electron chi connectivity index (χ0n) is 24.2. The molecule has 0 N–H and O–H groups in total. The molecule has 6 heteroatoms. The molecule has 1 saturated heterocycles. The van der Waals surface area contributed by atoms with Gasteiger partial charge in [0.2, 0.25) is 0 Å². The number of ether oxygens (including phenoxy) is 1. The molecule has 36 heavy (non-hydrogen) atoms. The van der Waals surface area contributed by atoms with Crippen molar-refractivity contribution in [2.24, 2.45) is 11.8 Å². The Morgan fingerprint density at radius 3 is 2.08 bits per heavy atom. The van der Waals surface area contributed by atoms with Crippen molar-refractivity contribution in [1.82, 2.24) is 14.9 Å². The lowest BCUT2D eigenvalue weighted by Crippen LogP contribution is -2.47. The van der Waals surface area contributed by atoms with Gasteiger partial charge in [-0.2, -0.15) is 0 Å². The minimum Gasteiger partial charge on any atom is -0.377 e. The fourth-order valence-corrected chi connectivity index (χ4v) is 5.51. The molecule has 0 atom stereocenters. The highest BCUT2D eigenvalue weighted by Gasteiger charge is 2.27. The highest BCUT2D eigenvalue weighted by Crippen LogP contribution is 2.34. The molecule has 0 unspecified atom stereocenters. The van der Waals surface area contributed by atoms with Crippen LogP contribution < -0.4 is 4.90 Å². The molecule has 0 bridgehead atoms. The molecule has 1 aliphatic heterocycles. The van der Waals surface area contributed by atoms with E-state index in [1.54, 1.807) is 7.11 Å². The standard InChI is InChI=1S/C30H52N4O2/c1-29(2,3)26-21-27(32-28(31-26)30(4,5)6)34-19-17-33(18-20-34)16-15-24-13-11-23(12-14-24)9-8-10-25(35)22-36-7/h21,23-24H,8-20,22H2,1-7H3. The number of carbonyl (C=O) groups is 1. The first kappa shape index (κ1) is 29.0. The van der Waals surface area contributed by atoms with Crippen LogP contribution in [0.3, 0.4) is 0 Å². The number of Topliss-reactive ketones (excluding diaryl/α,β-unsaturated/α-hetero) is 1. The van der Waals surface area contributed by atoms with Gasteiger partial charge in [-0.25, -0.2) is 9.97 Å². The first-order valence-electron chi connectivity index (χ1n) is 14.3. The van der Waals surface area contributed by atoms with E-state index in [1.807, 2.05) is 0 Å². The average molecular weight is 501 g/mol. The number of aromatic nitrogens is 2. The molecule has 2 aliphatic rings. The van der Waals surface area contributed by atoms with Gasteiger partial charge in [-0.3, -0.25) is 9.69 Å². The van der Waals surface area contributed by atoms with Crippen molar-refractivity contribution < 1.29 is 9.53 Å². The first-order chi connectivity index (χ1) is 17.0. The number of anilines is 1. The number of hydrogen-bond acceptors (Lipinski definition) is 6. The van der Waals surface area contributed by atoms with Gasteiger partial charge in [0.1, 0.15) is 18.2 Å². The number of ketones is 1. The number of carbonyl (C=O) groups excluding carboxylic acids is 1. The third-order valence-electron chi connectivity index (χ3n) is 8.04. The maximum atomic E-state index is 11.6. The van der Waals surface area contributed by atoms with Crippen LogP contribution in [0.15, 0.2) is 6.07 Å². The summed E-state index contributed by atoms with van der Waals surface area (Å²) in [6.45, 7) is 19.1. The second-order valence-corrected chi connectivity index (χ2v) is 13.3. The molecule has 0 aromatic carbocycles. The Morgan fingerprint density at radius 2 is 1.53 bits per heavy atom. The van der Waals surface area contributed by atoms with E-state index in [0.717, 1.165) is 61.8 Å². The van der Waals surface area contributed by atoms with E-state index in [2.05, 4.69) is 57.4 Å². The van der Waals surface area contributed by atoms with Crippen LogP contribution in [-0.2, 0) is 20.4 Å². The van der Waals surface area contributed by atoms with Gasteiger partial charge in [-0.05, 0) is 31.2 Å². The van der Waals surface area contributed by atoms with Crippen LogP contribution in [-0.4, -0.2) is 67.1 Å². The van der Waals surface area contributed by atoms with Gasteiger partial charge < -0.3 is 9.64 Å². The Bertz CT molecular complexity index is 794. The van der Waals surface area contributed by atoms with Crippen LogP contribution in [0.5, 0.6) is 0 Å². The van der Waals surface area contributed by atoms with Crippen LogP contribution in [0.1, 0.15) is 104 Å². The maximum Gasteiger partial charge on any atom is 0.158 e. The SMILES string of the molecule is COCC(=O)CCCC1CCC(CCN2CCN(c3cc(C(C)(C)C)nc(C(C)(C)C)n3)CC2)CC1. The maximum absolute atomic E-state index is 11.6. The molecule has 0 spiro atoms. The summed E-state index contributed by atoms with van der Waals surface area (Å²) in [7, 11) is 1.60. The minimum atomic E-state index is -0.0573. The zero-order chi connectivity index (χ0) is 26.3. The Labute approximate surface area is 220 Å². The normalized spacial score (nSPS) is 22.1. The Balaban J connectivity index is 1.41. The van der Waals surface area contributed by atoms with Crippen molar-refractivity contribution in [2.75, 3.05) is 51.3 Å². The molecule has 1 aromatic heterocycles. The molecule has 0 radical (unpaired) electrons. The second-order valence-electron chi connectivity index (χ2n) is 13.3. The number of nitrogens with zero attached hydrogens (tertiary/aromatic N) is 4. The summed E-state index contributed by atoms with van der Waals surface area (Å²) in [4.78, 5) is 26.7. The second kappa shape index (κ2) is 12.8. The smallest absolute Gasteiger partial charge is 0.158 e. The van der Waals surface area contributed by atoms with Gasteiger partial charge in [0, 0.05) is 56.6 Å². The first-order valence-corrected chi connectivity index (χ1v) is 14.3. The van der Waals surface area contributed by atoms with Gasteiger partial charge in [0.25, 0.3) is 0 Å². The van der Waals surface area contributed by atoms with E-state index in [0.29, 0.717) is 6.42 Å². The Hall–Kier alpha value is -1.53. The van der Waals surface area contributed by atoms with E-state index in [1.165, 1.54) is 45.1 Å². The van der Waals surface area contributed by atoms with Crippen molar-refractivity contribution >= 4 is 11.6 Å². The number of hydrogen-bond donors (Lipinski definition) is 0. The van der Waals surface area contributed by atoms with Crippen molar-refractivity contribution in [3.05, 3.63) is 17.6 Å². The lowest BCUT2D eigenvalue weighted by Gasteiger charge is -2.37. The van der Waals surface area contributed by atoms with E-state index in [4.69, 9.17) is 14.7 Å². The molecular formula is C30H52N4O2. The highest BCUT2D eigenvalue weighted by atomic mass is 16.5. The number of rotatable bonds is 10. The third-order valence-corrected chi connectivity index (χ3v) is 8.04. The largest absolute Gasteiger partial charge is 0.377 e. The van der Waals surface area contributed by atoms with Crippen LogP contribution in [0.25, 0.3) is 0 Å². The van der Waals surface area contributed by atoms with Crippen LogP contribution >= 0.6 is 0 Å². The van der Waals surface area contributed by atoms with E-state index in [9.17, 15) is 4.79 Å². The summed E-state index contributed by atoms with van der Waals surface area (Å²) in [6, 6.07) is 2.22. The summed E-state index contributed by atoms with van der Waals surface area (Å²) in [5, 5.41) is 0. The van der Waals surface area contributed by atoms with Gasteiger partial charge in [-0.1, -0.05) is 73.6 Å². The predicted octanol–water partition coefficient (Wildman–Crippen LogP) is 5.78. The fraction of sp³-hybridized carbons (Fsp3) is 0.833. The molecule has 1 aliphatic carbocycles. The Morgan fingerprint density at radius 1 is 0.917 bits per heavy atom. The highest BCUT2D eigenvalue weighted by molar-refractivity contribution is 5.79. The molecule has 2 heterocycles. The molecular weight excluding hydrogens is 448 g/mol. The van der Waals surface area contributed by atoms with Crippen molar-refractivity contribution in [3.8, 4) is 0 Å². The molecule has 6 nitrogen and oxygen atoms in total. The molecule has 1 aromatic rings. The van der Waals surface area contributed by atoms with E-state index in [-0.39, 0.29) is 23.2 Å². The number of piperazine rings is 1. The molecule has 2 fully saturated rings. The van der Waals surface area contributed by atoms with Crippen LogP contribution in [0, 0.1) is 11.8 Å². The Kier molecular flexibility index (Phi) is 10.3. The summed E-state index contributed by atoms with van der Waals surface area (Å²) in [6.07, 6.45) is 9.67. The zero-order valence-corrected chi connectivity index (χ0v) is 24.2. The van der Waals surface area contributed by atoms with Crippen molar-refractivity contribution in [2.45, 2.75) is 104 Å². The number of methoxy groups -OCH3 is 1. The monoisotopic (exact) mass is 500 g/mol. The van der Waals surface area contributed by atoms with Crippen LogP contribution in [0.2, 0.25) is 0 Å². The van der Waals surface area contributed by atoms with Gasteiger partial charge in [0.15, 0.2) is 5.78 Å². The van der Waals surface area contributed by atoms with Gasteiger partial charge in [0.05, 0.1) is 5.69 Å². The molecule has 1 saturated carbocycles. The van der Waals surface area contributed by atoms with Crippen molar-refractivity contribution in [1.29, 1.82) is 0 Å². The van der Waals surface area contributed by atoms with Crippen LogP contribution in [0.4, 0.5) is 5.82 Å². The van der Waals surface area contributed by atoms with Crippen molar-refractivity contribution in [3.63, 3.8) is 0 Å². The summed E-state index contributed by atoms with van der Waals surface area (Å²) >= 11 is 0. The van der Waals surface area contributed by atoms with E-state index >= 15 is 0 Å². The molecule has 0 amide bonds. The molecule has 3 rings (SSSR count). The van der Waals surface area contributed by atoms with E-state index < -0.39 is 0 Å². The fourth-order valence-electron chi connectivity index (χ4n) is 5.51. The summed E-state index contributed by atoms with van der Waals surface area (Å²) < 4.78 is 4.94. The predicted molar refractivity (Wildman–Crippen MR) is 149 cm³/mol. The minimum absolute atomic E-state index is 0.0138. The lowest BCUT2D eigenvalue weighted by atomic mass is 9.78. The lowest BCUT2D eigenvalue weighted by molar-refractivity contribution is -0.122. The quantitative estimate of drug-likeness (QED) is 0.406. The summed E-state index contributed by atoms with van der Waals surface area (Å²) in [5.41, 5.74) is 1.09. The van der Waals surface area contributed by atoms with Gasteiger partial charge in [-0.15, -0.1) is 0 Å².